The lowest BCUT2D eigenvalue weighted by Gasteiger charge is -2.27. The Bertz CT molecular complexity index is 392. The first-order valence-corrected chi connectivity index (χ1v) is 6.81. The van der Waals surface area contributed by atoms with Crippen LogP contribution in [0.1, 0.15) is 43.4 Å². The highest BCUT2D eigenvalue weighted by molar-refractivity contribution is 5.44. The van der Waals surface area contributed by atoms with Crippen molar-refractivity contribution in [3.05, 3.63) is 29.3 Å². The molecule has 2 atom stereocenters. The Morgan fingerprint density at radius 3 is 3.00 bits per heavy atom. The van der Waals surface area contributed by atoms with Gasteiger partial charge >= 0.3 is 0 Å². The fraction of sp³-hybridized carbons (Fsp3) is 0.600. The Hall–Kier alpha value is -1.06. The fourth-order valence-corrected chi connectivity index (χ4v) is 2.61. The van der Waals surface area contributed by atoms with E-state index in [0.29, 0.717) is 0 Å². The molecule has 0 aromatic heterocycles. The summed E-state index contributed by atoms with van der Waals surface area (Å²) >= 11 is 0. The van der Waals surface area contributed by atoms with Crippen LogP contribution in [0.4, 0.5) is 0 Å². The molecule has 0 amide bonds. The molecular formula is C15H23NO2. The number of benzene rings is 1. The van der Waals surface area contributed by atoms with Crippen molar-refractivity contribution in [2.45, 2.75) is 44.8 Å². The molecule has 1 aliphatic rings. The zero-order valence-electron chi connectivity index (χ0n) is 11.3. The molecule has 1 aliphatic heterocycles. The van der Waals surface area contributed by atoms with Crippen molar-refractivity contribution in [3.8, 4) is 5.75 Å². The molecule has 0 spiro atoms. The maximum atomic E-state index is 6.35. The van der Waals surface area contributed by atoms with Gasteiger partial charge in [0.15, 0.2) is 0 Å². The summed E-state index contributed by atoms with van der Waals surface area (Å²) in [5.74, 6) is 0.995. The van der Waals surface area contributed by atoms with Crippen LogP contribution in [0.2, 0.25) is 0 Å². The number of hydrogen-bond donors (Lipinski definition) is 1. The Morgan fingerprint density at radius 2 is 2.28 bits per heavy atom. The van der Waals surface area contributed by atoms with Crippen molar-refractivity contribution >= 4 is 0 Å². The molecule has 1 aromatic carbocycles. The number of methoxy groups -OCH3 is 1. The third-order valence-electron chi connectivity index (χ3n) is 3.60. The Kier molecular flexibility index (Phi) is 4.61. The van der Waals surface area contributed by atoms with Crippen LogP contribution in [0.3, 0.4) is 0 Å². The van der Waals surface area contributed by atoms with Crippen LogP contribution in [0, 0.1) is 0 Å². The van der Waals surface area contributed by atoms with Gasteiger partial charge in [-0.25, -0.2) is 0 Å². The quantitative estimate of drug-likeness (QED) is 0.872. The zero-order valence-corrected chi connectivity index (χ0v) is 11.3. The molecular weight excluding hydrogens is 226 g/mol. The number of fused-ring (bicyclic) bond motifs is 1. The van der Waals surface area contributed by atoms with Gasteiger partial charge in [-0.1, -0.05) is 31.5 Å². The van der Waals surface area contributed by atoms with Crippen molar-refractivity contribution in [3.63, 3.8) is 0 Å². The SMILES string of the molecule is CCCC(OC)C(N)c1cccc2c1OCCC2. The van der Waals surface area contributed by atoms with Gasteiger partial charge in [0.2, 0.25) is 0 Å². The van der Waals surface area contributed by atoms with E-state index in [2.05, 4.69) is 25.1 Å². The van der Waals surface area contributed by atoms with Gasteiger partial charge in [0.05, 0.1) is 18.8 Å². The third-order valence-corrected chi connectivity index (χ3v) is 3.60. The van der Waals surface area contributed by atoms with Crippen LogP contribution < -0.4 is 10.5 Å². The first-order valence-electron chi connectivity index (χ1n) is 6.81. The summed E-state index contributed by atoms with van der Waals surface area (Å²) in [6.07, 6.45) is 4.28. The summed E-state index contributed by atoms with van der Waals surface area (Å²) in [5, 5.41) is 0. The zero-order chi connectivity index (χ0) is 13.0. The second-order valence-corrected chi connectivity index (χ2v) is 4.88. The molecule has 2 rings (SSSR count). The molecule has 100 valence electrons. The molecule has 18 heavy (non-hydrogen) atoms. The minimum absolute atomic E-state index is 0.0621. The number of ether oxygens (including phenoxy) is 2. The number of rotatable bonds is 5. The summed E-state index contributed by atoms with van der Waals surface area (Å²) < 4.78 is 11.3. The van der Waals surface area contributed by atoms with Gasteiger partial charge in [0.1, 0.15) is 5.75 Å². The van der Waals surface area contributed by atoms with Crippen molar-refractivity contribution in [2.24, 2.45) is 5.73 Å². The van der Waals surface area contributed by atoms with E-state index in [4.69, 9.17) is 15.2 Å². The van der Waals surface area contributed by atoms with Crippen molar-refractivity contribution < 1.29 is 9.47 Å². The normalized spacial score (nSPS) is 17.7. The van der Waals surface area contributed by atoms with Gasteiger partial charge in [0, 0.05) is 12.7 Å². The predicted octanol–water partition coefficient (Wildman–Crippen LogP) is 2.83. The van der Waals surface area contributed by atoms with Crippen LogP contribution in [0.15, 0.2) is 18.2 Å². The van der Waals surface area contributed by atoms with Gasteiger partial charge in [-0.05, 0) is 24.8 Å². The maximum absolute atomic E-state index is 6.35. The molecule has 0 fully saturated rings. The van der Waals surface area contributed by atoms with E-state index in [9.17, 15) is 0 Å². The van der Waals surface area contributed by atoms with E-state index in [-0.39, 0.29) is 12.1 Å². The van der Waals surface area contributed by atoms with E-state index in [1.807, 2.05) is 0 Å². The monoisotopic (exact) mass is 249 g/mol. The number of aryl methyl sites for hydroxylation is 1. The van der Waals surface area contributed by atoms with Gasteiger partial charge < -0.3 is 15.2 Å². The molecule has 3 nitrogen and oxygen atoms in total. The Labute approximate surface area is 109 Å². The first-order chi connectivity index (χ1) is 8.77. The van der Waals surface area contributed by atoms with Crippen LogP contribution in [-0.2, 0) is 11.2 Å². The lowest BCUT2D eigenvalue weighted by molar-refractivity contribution is 0.0713. The second-order valence-electron chi connectivity index (χ2n) is 4.88. The maximum Gasteiger partial charge on any atom is 0.127 e. The van der Waals surface area contributed by atoms with Crippen molar-refractivity contribution in [2.75, 3.05) is 13.7 Å². The summed E-state index contributed by atoms with van der Waals surface area (Å²) in [7, 11) is 1.73. The molecule has 1 aromatic rings. The second kappa shape index (κ2) is 6.21. The standard InChI is InChI=1S/C15H23NO2/c1-3-6-13(17-2)14(16)12-9-4-7-11-8-5-10-18-15(11)12/h4,7,9,13-14H,3,5-6,8,10,16H2,1-2H3. The van der Waals surface area contributed by atoms with E-state index < -0.39 is 0 Å². The van der Waals surface area contributed by atoms with Crippen LogP contribution in [-0.4, -0.2) is 19.8 Å². The Morgan fingerprint density at radius 1 is 1.44 bits per heavy atom. The molecule has 2 unspecified atom stereocenters. The molecule has 0 radical (unpaired) electrons. The third kappa shape index (κ3) is 2.68. The number of para-hydroxylation sites is 1. The average molecular weight is 249 g/mol. The van der Waals surface area contributed by atoms with Crippen LogP contribution in [0.5, 0.6) is 5.75 Å². The highest BCUT2D eigenvalue weighted by Crippen LogP contribution is 2.34. The van der Waals surface area contributed by atoms with Crippen molar-refractivity contribution in [1.82, 2.24) is 0 Å². The molecule has 2 N–H and O–H groups in total. The lowest BCUT2D eigenvalue weighted by Crippen LogP contribution is -2.29. The van der Waals surface area contributed by atoms with Crippen LogP contribution in [0.25, 0.3) is 0 Å². The number of nitrogens with two attached hydrogens (primary N) is 1. The summed E-state index contributed by atoms with van der Waals surface area (Å²) in [5.41, 5.74) is 8.72. The largest absolute Gasteiger partial charge is 0.493 e. The van der Waals surface area contributed by atoms with Gasteiger partial charge in [-0.2, -0.15) is 0 Å². The number of hydrogen-bond acceptors (Lipinski definition) is 3. The van der Waals surface area contributed by atoms with Crippen LogP contribution >= 0.6 is 0 Å². The topological polar surface area (TPSA) is 44.5 Å². The summed E-state index contributed by atoms with van der Waals surface area (Å²) in [6, 6.07) is 6.16. The molecule has 0 aliphatic carbocycles. The summed E-state index contributed by atoms with van der Waals surface area (Å²) in [6.45, 7) is 2.94. The van der Waals surface area contributed by atoms with E-state index >= 15 is 0 Å². The predicted molar refractivity (Wildman–Crippen MR) is 72.9 cm³/mol. The molecule has 1 heterocycles. The average Bonchev–Trinajstić information content (AvgIpc) is 2.43. The lowest BCUT2D eigenvalue weighted by atomic mass is 9.94. The molecule has 3 heteroatoms. The molecule has 0 saturated heterocycles. The van der Waals surface area contributed by atoms with E-state index in [1.165, 1.54) is 5.56 Å². The van der Waals surface area contributed by atoms with E-state index in [0.717, 1.165) is 43.6 Å². The van der Waals surface area contributed by atoms with Gasteiger partial charge in [-0.3, -0.25) is 0 Å². The van der Waals surface area contributed by atoms with Gasteiger partial charge in [-0.15, -0.1) is 0 Å². The van der Waals surface area contributed by atoms with Gasteiger partial charge in [0.25, 0.3) is 0 Å². The first kappa shape index (κ1) is 13.4. The molecule has 0 bridgehead atoms. The highest BCUT2D eigenvalue weighted by Gasteiger charge is 2.24. The fourth-order valence-electron chi connectivity index (χ4n) is 2.61. The molecule has 0 saturated carbocycles. The highest BCUT2D eigenvalue weighted by atomic mass is 16.5. The summed E-state index contributed by atoms with van der Waals surface area (Å²) in [4.78, 5) is 0. The van der Waals surface area contributed by atoms with E-state index in [1.54, 1.807) is 7.11 Å². The minimum atomic E-state index is -0.108. The minimum Gasteiger partial charge on any atom is -0.493 e. The Balaban J connectivity index is 2.26. The smallest absolute Gasteiger partial charge is 0.127 e. The van der Waals surface area contributed by atoms with Crippen molar-refractivity contribution in [1.29, 1.82) is 0 Å².